The Balaban J connectivity index is 1.38. The topological polar surface area (TPSA) is 39.4 Å². The molecule has 0 atom stereocenters. The summed E-state index contributed by atoms with van der Waals surface area (Å²) < 4.78 is 21.8. The van der Waals surface area contributed by atoms with Crippen molar-refractivity contribution in [3.63, 3.8) is 0 Å². The van der Waals surface area contributed by atoms with Gasteiger partial charge in [0.25, 0.3) is 0 Å². The number of rotatable bonds is 8. The van der Waals surface area contributed by atoms with Crippen LogP contribution in [-0.4, -0.2) is 21.2 Å². The molecule has 2 aromatic heterocycles. The van der Waals surface area contributed by atoms with Crippen molar-refractivity contribution in [2.24, 2.45) is 0 Å². The molecule has 0 aliphatic carbocycles. The highest BCUT2D eigenvalue weighted by molar-refractivity contribution is 6.30. The molecule has 0 N–H and O–H groups in total. The minimum absolute atomic E-state index is 0.251. The van der Waals surface area contributed by atoms with Gasteiger partial charge in [-0.05, 0) is 65.9 Å². The molecule has 2 heterocycles. The molecule has 5 rings (SSSR count). The first-order valence-corrected chi connectivity index (χ1v) is 11.6. The molecule has 0 bridgehead atoms. The highest BCUT2D eigenvalue weighted by atomic mass is 35.5. The minimum atomic E-state index is -0.251. The van der Waals surface area contributed by atoms with Gasteiger partial charge in [0.15, 0.2) is 5.65 Å². The Morgan fingerprint density at radius 1 is 0.824 bits per heavy atom. The van der Waals surface area contributed by atoms with Gasteiger partial charge in [0.1, 0.15) is 5.82 Å². The highest BCUT2D eigenvalue weighted by Crippen LogP contribution is 2.27. The number of hydrogen-bond donors (Lipinski definition) is 0. The van der Waals surface area contributed by atoms with Crippen molar-refractivity contribution >= 4 is 17.2 Å². The summed E-state index contributed by atoms with van der Waals surface area (Å²) in [5.41, 5.74) is 5.65. The lowest BCUT2D eigenvalue weighted by Gasteiger charge is -2.11. The van der Waals surface area contributed by atoms with Crippen LogP contribution in [-0.2, 0) is 19.3 Å². The fraction of sp³-hybridized carbons (Fsp3) is 0.143. The first kappa shape index (κ1) is 22.1. The third kappa shape index (κ3) is 5.10. The number of nitrogens with zero attached hydrogens (tertiary/aromatic N) is 3. The van der Waals surface area contributed by atoms with Crippen LogP contribution in [0, 0.1) is 5.82 Å². The van der Waals surface area contributed by atoms with Crippen molar-refractivity contribution in [3.05, 3.63) is 119 Å². The Hall–Kier alpha value is -3.70. The average molecular weight is 472 g/mol. The molecule has 6 heteroatoms. The molecule has 0 radical (unpaired) electrons. The zero-order valence-corrected chi connectivity index (χ0v) is 19.3. The number of halogens is 2. The number of hydrogen-bond acceptors (Lipinski definition) is 3. The van der Waals surface area contributed by atoms with E-state index in [-0.39, 0.29) is 5.82 Å². The fourth-order valence-corrected chi connectivity index (χ4v) is 4.24. The normalized spacial score (nSPS) is 11.1. The lowest BCUT2D eigenvalue weighted by Crippen LogP contribution is -2.05. The molecule has 170 valence electrons. The summed E-state index contributed by atoms with van der Waals surface area (Å²) >= 11 is 6.06. The maximum Gasteiger partial charge on any atom is 0.231 e. The van der Waals surface area contributed by atoms with Gasteiger partial charge in [-0.3, -0.25) is 0 Å². The average Bonchev–Trinajstić information content (AvgIpc) is 3.27. The molecule has 3 aromatic carbocycles. The van der Waals surface area contributed by atoms with Crippen molar-refractivity contribution in [3.8, 4) is 17.1 Å². The van der Waals surface area contributed by atoms with Crippen molar-refractivity contribution in [1.29, 1.82) is 0 Å². The highest BCUT2D eigenvalue weighted by Gasteiger charge is 2.14. The van der Waals surface area contributed by atoms with Gasteiger partial charge in [0.05, 0.1) is 18.5 Å². The van der Waals surface area contributed by atoms with Crippen LogP contribution >= 0.6 is 11.6 Å². The quantitative estimate of drug-likeness (QED) is 0.256. The number of fused-ring (bicyclic) bond motifs is 1. The van der Waals surface area contributed by atoms with E-state index in [4.69, 9.17) is 16.3 Å². The van der Waals surface area contributed by atoms with Crippen molar-refractivity contribution in [2.45, 2.75) is 19.3 Å². The van der Waals surface area contributed by atoms with E-state index in [0.29, 0.717) is 29.6 Å². The molecule has 0 unspecified atom stereocenters. The van der Waals surface area contributed by atoms with E-state index in [9.17, 15) is 4.39 Å². The molecule has 5 aromatic rings. The molecular formula is C28H23ClFN3O. The fourth-order valence-electron chi connectivity index (χ4n) is 4.03. The van der Waals surface area contributed by atoms with Gasteiger partial charge in [-0.15, -0.1) is 5.10 Å². The monoisotopic (exact) mass is 471 g/mol. The zero-order valence-electron chi connectivity index (χ0n) is 18.5. The van der Waals surface area contributed by atoms with Crippen LogP contribution in [0.15, 0.2) is 91.1 Å². The second-order valence-corrected chi connectivity index (χ2v) is 8.54. The summed E-state index contributed by atoms with van der Waals surface area (Å²) in [6.07, 6.45) is 4.02. The van der Waals surface area contributed by atoms with E-state index in [1.807, 2.05) is 54.6 Å². The molecule has 0 aliphatic rings. The molecular weight excluding hydrogens is 449 g/mol. The minimum Gasteiger partial charge on any atom is -0.476 e. The van der Waals surface area contributed by atoms with Gasteiger partial charge in [0.2, 0.25) is 5.88 Å². The van der Waals surface area contributed by atoms with E-state index in [1.165, 1.54) is 11.6 Å². The van der Waals surface area contributed by atoms with Crippen LogP contribution in [0.4, 0.5) is 4.39 Å². The maximum atomic E-state index is 14.1. The second-order valence-electron chi connectivity index (χ2n) is 8.10. The summed E-state index contributed by atoms with van der Waals surface area (Å²) in [6, 6.07) is 26.5. The maximum absolute atomic E-state index is 14.1. The molecule has 34 heavy (non-hydrogen) atoms. The van der Waals surface area contributed by atoms with Crippen LogP contribution in [0.3, 0.4) is 0 Å². The first-order chi connectivity index (χ1) is 16.7. The molecule has 0 fully saturated rings. The zero-order chi connectivity index (χ0) is 23.3. The molecule has 0 saturated heterocycles. The van der Waals surface area contributed by atoms with Crippen LogP contribution in [0.2, 0.25) is 5.02 Å². The van der Waals surface area contributed by atoms with Crippen LogP contribution in [0.25, 0.3) is 16.9 Å². The van der Waals surface area contributed by atoms with Gasteiger partial charge < -0.3 is 4.74 Å². The van der Waals surface area contributed by atoms with E-state index in [1.54, 1.807) is 22.8 Å². The van der Waals surface area contributed by atoms with Crippen molar-refractivity contribution < 1.29 is 9.13 Å². The molecule has 0 aliphatic heterocycles. The number of aromatic nitrogens is 3. The lowest BCUT2D eigenvalue weighted by atomic mass is 9.98. The van der Waals surface area contributed by atoms with Crippen molar-refractivity contribution in [1.82, 2.24) is 14.6 Å². The lowest BCUT2D eigenvalue weighted by molar-refractivity contribution is 0.305. The Morgan fingerprint density at radius 3 is 2.53 bits per heavy atom. The van der Waals surface area contributed by atoms with Crippen LogP contribution in [0.1, 0.15) is 16.7 Å². The summed E-state index contributed by atoms with van der Waals surface area (Å²) in [5.74, 6) is 0.250. The molecule has 0 amide bonds. The third-order valence-corrected chi connectivity index (χ3v) is 5.97. The Bertz CT molecular complexity index is 1420. The summed E-state index contributed by atoms with van der Waals surface area (Å²) in [7, 11) is 0. The number of benzene rings is 3. The Labute approximate surface area is 202 Å². The van der Waals surface area contributed by atoms with E-state index >= 15 is 0 Å². The van der Waals surface area contributed by atoms with Crippen LogP contribution < -0.4 is 4.74 Å². The summed E-state index contributed by atoms with van der Waals surface area (Å²) in [6.45, 7) is 0.474. The SMILES string of the molecule is Fc1ccc(-c2cnc3ccc(OCCc4cccc(Cl)c4)nn23)c(CCc2ccccc2)c1. The number of imidazole rings is 1. The smallest absolute Gasteiger partial charge is 0.231 e. The number of aryl methyl sites for hydroxylation is 2. The molecule has 4 nitrogen and oxygen atoms in total. The Morgan fingerprint density at radius 2 is 1.68 bits per heavy atom. The van der Waals surface area contributed by atoms with Crippen molar-refractivity contribution in [2.75, 3.05) is 6.61 Å². The van der Waals surface area contributed by atoms with E-state index in [0.717, 1.165) is 35.2 Å². The third-order valence-electron chi connectivity index (χ3n) is 5.74. The van der Waals surface area contributed by atoms with Gasteiger partial charge in [-0.2, -0.15) is 0 Å². The van der Waals surface area contributed by atoms with Crippen LogP contribution in [0.5, 0.6) is 5.88 Å². The summed E-state index contributed by atoms with van der Waals surface area (Å²) in [4.78, 5) is 4.49. The van der Waals surface area contributed by atoms with Gasteiger partial charge in [-0.25, -0.2) is 13.9 Å². The van der Waals surface area contributed by atoms with Gasteiger partial charge >= 0.3 is 0 Å². The first-order valence-electron chi connectivity index (χ1n) is 11.2. The van der Waals surface area contributed by atoms with Gasteiger partial charge in [-0.1, -0.05) is 54.1 Å². The largest absolute Gasteiger partial charge is 0.476 e. The van der Waals surface area contributed by atoms with E-state index < -0.39 is 0 Å². The standard InChI is InChI=1S/C28H23ClFN3O/c29-23-8-4-7-21(17-23)15-16-34-28-14-13-27-31-19-26(33(27)32-28)25-12-11-24(30)18-22(25)10-9-20-5-2-1-3-6-20/h1-8,11-14,17-19H,9-10,15-16H2. The Kier molecular flexibility index (Phi) is 6.54. The van der Waals surface area contributed by atoms with Gasteiger partial charge in [0, 0.05) is 23.1 Å². The number of ether oxygens (including phenoxy) is 1. The predicted molar refractivity (Wildman–Crippen MR) is 133 cm³/mol. The summed E-state index contributed by atoms with van der Waals surface area (Å²) in [5, 5.41) is 5.36. The van der Waals surface area contributed by atoms with E-state index in [2.05, 4.69) is 22.2 Å². The molecule has 0 saturated carbocycles. The predicted octanol–water partition coefficient (Wildman–Crippen LogP) is 6.60. The second kappa shape index (κ2) is 10.1. The molecule has 0 spiro atoms.